The van der Waals surface area contributed by atoms with Crippen molar-refractivity contribution in [3.63, 3.8) is 0 Å². The Balaban J connectivity index is 1.42. The summed E-state index contributed by atoms with van der Waals surface area (Å²) in [5.41, 5.74) is 4.74. The summed E-state index contributed by atoms with van der Waals surface area (Å²) in [6, 6.07) is 12.6. The number of imidazole rings is 1. The Morgan fingerprint density at radius 2 is 1.88 bits per heavy atom. The van der Waals surface area contributed by atoms with E-state index in [9.17, 15) is 0 Å². The maximum Gasteiger partial charge on any atom is 0.227 e. The number of aromatic nitrogens is 5. The number of anilines is 4. The molecule has 0 spiro atoms. The van der Waals surface area contributed by atoms with Crippen LogP contribution in [0.5, 0.6) is 0 Å². The molecule has 0 amide bonds. The lowest BCUT2D eigenvalue weighted by atomic mass is 10.2. The van der Waals surface area contributed by atoms with Crippen molar-refractivity contribution in [1.82, 2.24) is 24.5 Å². The Morgan fingerprint density at radius 3 is 2.61 bits per heavy atom. The smallest absolute Gasteiger partial charge is 0.227 e. The maximum absolute atomic E-state index is 5.46. The van der Waals surface area contributed by atoms with E-state index in [2.05, 4.69) is 68.2 Å². The van der Waals surface area contributed by atoms with Crippen molar-refractivity contribution in [3.8, 4) is 0 Å². The van der Waals surface area contributed by atoms with Crippen LogP contribution in [0.2, 0.25) is 0 Å². The fourth-order valence-electron chi connectivity index (χ4n) is 3.86. The molecule has 2 N–H and O–H groups in total. The van der Waals surface area contributed by atoms with Gasteiger partial charge in [-0.05, 0) is 49.7 Å². The summed E-state index contributed by atoms with van der Waals surface area (Å²) in [5.74, 6) is 1.22. The summed E-state index contributed by atoms with van der Waals surface area (Å²) in [7, 11) is 0. The number of hydrogen-bond acceptors (Lipinski definition) is 8. The number of benzene rings is 1. The van der Waals surface area contributed by atoms with Crippen LogP contribution in [0.4, 0.5) is 23.1 Å². The van der Waals surface area contributed by atoms with E-state index in [-0.39, 0.29) is 6.04 Å². The number of nitrogens with one attached hydrogen (secondary N) is 2. The number of fused-ring (bicyclic) bond motifs is 1. The van der Waals surface area contributed by atoms with E-state index in [0.29, 0.717) is 18.3 Å². The third-order valence-electron chi connectivity index (χ3n) is 5.66. The summed E-state index contributed by atoms with van der Waals surface area (Å²) >= 11 is 0. The van der Waals surface area contributed by atoms with Crippen LogP contribution in [-0.2, 0) is 11.3 Å². The minimum atomic E-state index is 0.233. The number of hydrogen-bond donors (Lipinski definition) is 2. The van der Waals surface area contributed by atoms with Gasteiger partial charge in [-0.25, -0.2) is 4.98 Å². The third kappa shape index (κ3) is 4.73. The number of nitrogens with zero attached hydrogens (tertiary/aromatic N) is 6. The SMILES string of the molecule is CC(C)n1cnc2c(Nc3ccc(N4CCOCC4)cc3)nc(NCc3cccnc3)nc21. The van der Waals surface area contributed by atoms with E-state index in [1.165, 1.54) is 5.69 Å². The van der Waals surface area contributed by atoms with Gasteiger partial charge < -0.3 is 24.8 Å². The normalized spacial score (nSPS) is 14.1. The van der Waals surface area contributed by atoms with Gasteiger partial charge in [0, 0.05) is 49.4 Å². The van der Waals surface area contributed by atoms with Gasteiger partial charge in [0.25, 0.3) is 0 Å². The van der Waals surface area contributed by atoms with Gasteiger partial charge in [-0.1, -0.05) is 6.07 Å². The highest BCUT2D eigenvalue weighted by Crippen LogP contribution is 2.27. The first kappa shape index (κ1) is 21.1. The predicted octanol–water partition coefficient (Wildman–Crippen LogP) is 3.99. The predicted molar refractivity (Wildman–Crippen MR) is 130 cm³/mol. The zero-order valence-electron chi connectivity index (χ0n) is 18.9. The van der Waals surface area contributed by atoms with Gasteiger partial charge in [-0.2, -0.15) is 9.97 Å². The first-order chi connectivity index (χ1) is 16.2. The zero-order valence-corrected chi connectivity index (χ0v) is 18.9. The highest BCUT2D eigenvalue weighted by atomic mass is 16.5. The van der Waals surface area contributed by atoms with Crippen LogP contribution >= 0.6 is 0 Å². The number of ether oxygens (including phenoxy) is 1. The Kier molecular flexibility index (Phi) is 6.03. The van der Waals surface area contributed by atoms with Crippen LogP contribution in [0.1, 0.15) is 25.5 Å². The van der Waals surface area contributed by atoms with Gasteiger partial charge in [0.1, 0.15) is 0 Å². The minimum absolute atomic E-state index is 0.233. The van der Waals surface area contributed by atoms with Crippen LogP contribution in [0.25, 0.3) is 11.2 Å². The fraction of sp³-hybridized carbons (Fsp3) is 0.333. The van der Waals surface area contributed by atoms with Gasteiger partial charge in [0.2, 0.25) is 5.95 Å². The molecule has 4 heterocycles. The van der Waals surface area contributed by atoms with Gasteiger partial charge >= 0.3 is 0 Å². The van der Waals surface area contributed by atoms with Crippen LogP contribution in [0.15, 0.2) is 55.1 Å². The summed E-state index contributed by atoms with van der Waals surface area (Å²) in [6.45, 7) is 8.18. The van der Waals surface area contributed by atoms with E-state index >= 15 is 0 Å². The van der Waals surface area contributed by atoms with E-state index in [1.807, 2.05) is 24.7 Å². The summed E-state index contributed by atoms with van der Waals surface area (Å²) in [4.78, 5) is 20.6. The molecule has 1 saturated heterocycles. The molecule has 0 radical (unpaired) electrons. The lowest BCUT2D eigenvalue weighted by Gasteiger charge is -2.28. The van der Waals surface area contributed by atoms with Gasteiger partial charge in [0.15, 0.2) is 17.0 Å². The van der Waals surface area contributed by atoms with E-state index in [1.54, 1.807) is 6.20 Å². The van der Waals surface area contributed by atoms with Gasteiger partial charge in [-0.3, -0.25) is 4.98 Å². The summed E-state index contributed by atoms with van der Waals surface area (Å²) in [6.07, 6.45) is 5.42. The maximum atomic E-state index is 5.46. The molecular weight excluding hydrogens is 416 g/mol. The molecule has 1 aromatic carbocycles. The average Bonchev–Trinajstić information content (AvgIpc) is 3.29. The lowest BCUT2D eigenvalue weighted by Crippen LogP contribution is -2.36. The lowest BCUT2D eigenvalue weighted by molar-refractivity contribution is 0.122. The average molecular weight is 445 g/mol. The first-order valence-electron chi connectivity index (χ1n) is 11.2. The van der Waals surface area contributed by atoms with Crippen molar-refractivity contribution in [2.24, 2.45) is 0 Å². The number of morpholine rings is 1. The molecule has 170 valence electrons. The molecule has 33 heavy (non-hydrogen) atoms. The number of rotatable bonds is 7. The second-order valence-corrected chi connectivity index (χ2v) is 8.30. The minimum Gasteiger partial charge on any atom is -0.378 e. The molecule has 0 aliphatic carbocycles. The van der Waals surface area contributed by atoms with E-state index < -0.39 is 0 Å². The van der Waals surface area contributed by atoms with Gasteiger partial charge in [0.05, 0.1) is 19.5 Å². The monoisotopic (exact) mass is 444 g/mol. The van der Waals surface area contributed by atoms with Crippen molar-refractivity contribution >= 4 is 34.3 Å². The van der Waals surface area contributed by atoms with E-state index in [4.69, 9.17) is 14.7 Å². The van der Waals surface area contributed by atoms with Crippen molar-refractivity contribution in [1.29, 1.82) is 0 Å². The second kappa shape index (κ2) is 9.41. The van der Waals surface area contributed by atoms with Crippen LogP contribution in [-0.4, -0.2) is 50.8 Å². The van der Waals surface area contributed by atoms with Crippen LogP contribution in [0.3, 0.4) is 0 Å². The topological polar surface area (TPSA) is 93.0 Å². The molecule has 0 saturated carbocycles. The summed E-state index contributed by atoms with van der Waals surface area (Å²) in [5, 5.41) is 6.77. The molecule has 0 unspecified atom stereocenters. The van der Waals surface area contributed by atoms with Crippen LogP contribution < -0.4 is 15.5 Å². The Hall–Kier alpha value is -3.72. The largest absolute Gasteiger partial charge is 0.378 e. The molecule has 9 nitrogen and oxygen atoms in total. The number of pyridine rings is 1. The fourth-order valence-corrected chi connectivity index (χ4v) is 3.86. The van der Waals surface area contributed by atoms with Crippen molar-refractivity contribution in [2.45, 2.75) is 26.4 Å². The van der Waals surface area contributed by atoms with Gasteiger partial charge in [-0.15, -0.1) is 0 Å². The van der Waals surface area contributed by atoms with E-state index in [0.717, 1.165) is 48.7 Å². The molecule has 0 bridgehead atoms. The standard InChI is InChI=1S/C24H28N8O/c1-17(2)32-16-27-21-22(28-19-5-7-20(8-6-19)31-10-12-33-13-11-31)29-24(30-23(21)32)26-15-18-4-3-9-25-14-18/h3-9,14,16-17H,10-13,15H2,1-2H3,(H2,26,28,29,30). The van der Waals surface area contributed by atoms with Crippen molar-refractivity contribution in [2.75, 3.05) is 41.8 Å². The molecule has 0 atom stereocenters. The molecule has 1 aliphatic heterocycles. The second-order valence-electron chi connectivity index (χ2n) is 8.30. The molecule has 3 aromatic heterocycles. The molecular formula is C24H28N8O. The van der Waals surface area contributed by atoms with Crippen molar-refractivity contribution < 1.29 is 4.74 Å². The van der Waals surface area contributed by atoms with Crippen LogP contribution in [0, 0.1) is 0 Å². The Morgan fingerprint density at radius 1 is 1.06 bits per heavy atom. The summed E-state index contributed by atoms with van der Waals surface area (Å²) < 4.78 is 7.51. The Labute approximate surface area is 192 Å². The molecule has 5 rings (SSSR count). The molecule has 4 aromatic rings. The van der Waals surface area contributed by atoms with Crippen molar-refractivity contribution in [3.05, 3.63) is 60.7 Å². The third-order valence-corrected chi connectivity index (χ3v) is 5.66. The molecule has 1 fully saturated rings. The Bertz CT molecular complexity index is 1200. The quantitative estimate of drug-likeness (QED) is 0.442. The molecule has 9 heteroatoms. The highest BCUT2D eigenvalue weighted by molar-refractivity contribution is 5.86. The molecule has 1 aliphatic rings. The first-order valence-corrected chi connectivity index (χ1v) is 11.2. The zero-order chi connectivity index (χ0) is 22.6. The highest BCUT2D eigenvalue weighted by Gasteiger charge is 2.16.